The molecule has 0 aliphatic rings. The van der Waals surface area contributed by atoms with Crippen LogP contribution in [0.2, 0.25) is 10.0 Å². The SMILES string of the molecule is CN(Cc1ccc(C(F)(F)F)c(F)c1)C(=O)c1ccc(Cl)c(Cl)c1. The Hall–Kier alpha value is -1.79. The van der Waals surface area contributed by atoms with Gasteiger partial charge in [0, 0.05) is 19.2 Å². The van der Waals surface area contributed by atoms with Crippen molar-refractivity contribution in [2.75, 3.05) is 7.05 Å². The summed E-state index contributed by atoms with van der Waals surface area (Å²) in [6.45, 7) is -0.0614. The lowest BCUT2D eigenvalue weighted by molar-refractivity contribution is -0.140. The van der Waals surface area contributed by atoms with E-state index < -0.39 is 23.5 Å². The minimum Gasteiger partial charge on any atom is -0.337 e. The molecule has 0 unspecified atom stereocenters. The van der Waals surface area contributed by atoms with E-state index in [9.17, 15) is 22.4 Å². The molecule has 0 N–H and O–H groups in total. The van der Waals surface area contributed by atoms with Gasteiger partial charge >= 0.3 is 6.18 Å². The molecule has 0 saturated heterocycles. The summed E-state index contributed by atoms with van der Waals surface area (Å²) in [5.41, 5.74) is -0.847. The minimum absolute atomic E-state index is 0.0614. The standard InChI is InChI=1S/C16H11Cl2F4NO/c1-23(15(24)10-3-5-12(17)13(18)7-10)8-9-2-4-11(14(19)6-9)16(20,21)22/h2-7H,8H2,1H3. The molecule has 2 aromatic rings. The highest BCUT2D eigenvalue weighted by Crippen LogP contribution is 2.31. The molecule has 2 aromatic carbocycles. The monoisotopic (exact) mass is 379 g/mol. The molecule has 0 fully saturated rings. The van der Waals surface area contributed by atoms with Crippen LogP contribution in [-0.2, 0) is 12.7 Å². The first-order chi connectivity index (χ1) is 11.1. The Bertz CT molecular complexity index is 777. The zero-order valence-corrected chi connectivity index (χ0v) is 13.8. The Morgan fingerprint density at radius 2 is 1.75 bits per heavy atom. The third kappa shape index (κ3) is 4.19. The summed E-state index contributed by atoms with van der Waals surface area (Å²) in [5.74, 6) is -1.80. The Morgan fingerprint density at radius 1 is 1.08 bits per heavy atom. The second kappa shape index (κ2) is 6.99. The van der Waals surface area contributed by atoms with Crippen LogP contribution in [-0.4, -0.2) is 17.9 Å². The van der Waals surface area contributed by atoms with Gasteiger partial charge in [-0.2, -0.15) is 13.2 Å². The van der Waals surface area contributed by atoms with E-state index in [1.807, 2.05) is 0 Å². The first-order valence-electron chi connectivity index (χ1n) is 6.65. The van der Waals surface area contributed by atoms with E-state index in [0.29, 0.717) is 11.1 Å². The van der Waals surface area contributed by atoms with Gasteiger partial charge in [0.25, 0.3) is 5.91 Å². The smallest absolute Gasteiger partial charge is 0.337 e. The van der Waals surface area contributed by atoms with Gasteiger partial charge in [0.15, 0.2) is 0 Å². The minimum atomic E-state index is -4.76. The first kappa shape index (κ1) is 18.5. The molecule has 0 saturated carbocycles. The average molecular weight is 380 g/mol. The second-order valence-electron chi connectivity index (χ2n) is 5.10. The predicted molar refractivity (Wildman–Crippen MR) is 83.7 cm³/mol. The van der Waals surface area contributed by atoms with Crippen molar-refractivity contribution in [2.24, 2.45) is 0 Å². The molecule has 1 amide bonds. The molecule has 0 aliphatic carbocycles. The Labute approximate surface area is 145 Å². The third-order valence-electron chi connectivity index (χ3n) is 3.27. The van der Waals surface area contributed by atoms with E-state index in [2.05, 4.69) is 0 Å². The number of nitrogens with zero attached hydrogens (tertiary/aromatic N) is 1. The van der Waals surface area contributed by atoms with Crippen molar-refractivity contribution in [2.45, 2.75) is 12.7 Å². The number of hydrogen-bond acceptors (Lipinski definition) is 1. The fourth-order valence-electron chi connectivity index (χ4n) is 2.08. The zero-order valence-electron chi connectivity index (χ0n) is 12.3. The Balaban J connectivity index is 2.17. The lowest BCUT2D eigenvalue weighted by Gasteiger charge is -2.18. The molecule has 0 aromatic heterocycles. The number of benzene rings is 2. The largest absolute Gasteiger partial charge is 0.419 e. The molecular weight excluding hydrogens is 369 g/mol. The van der Waals surface area contributed by atoms with Crippen LogP contribution in [0.25, 0.3) is 0 Å². The second-order valence-corrected chi connectivity index (χ2v) is 5.92. The van der Waals surface area contributed by atoms with E-state index >= 15 is 0 Å². The molecule has 0 heterocycles. The maximum atomic E-state index is 13.6. The average Bonchev–Trinajstić information content (AvgIpc) is 2.48. The van der Waals surface area contributed by atoms with E-state index in [1.165, 1.54) is 30.1 Å². The molecule has 2 nitrogen and oxygen atoms in total. The summed E-state index contributed by atoms with van der Waals surface area (Å²) < 4.78 is 51.2. The van der Waals surface area contributed by atoms with Crippen LogP contribution in [0.5, 0.6) is 0 Å². The van der Waals surface area contributed by atoms with Crippen LogP contribution in [0.3, 0.4) is 0 Å². The van der Waals surface area contributed by atoms with Crippen molar-refractivity contribution in [3.05, 3.63) is 69.0 Å². The van der Waals surface area contributed by atoms with Gasteiger partial charge in [-0.1, -0.05) is 29.3 Å². The number of rotatable bonds is 3. The van der Waals surface area contributed by atoms with Crippen LogP contribution in [0.1, 0.15) is 21.5 Å². The summed E-state index contributed by atoms with van der Waals surface area (Å²) in [6, 6.07) is 6.87. The number of alkyl halides is 3. The highest BCUT2D eigenvalue weighted by atomic mass is 35.5. The van der Waals surface area contributed by atoms with Crippen molar-refractivity contribution in [3.8, 4) is 0 Å². The Kier molecular flexibility index (Phi) is 5.40. The van der Waals surface area contributed by atoms with Crippen LogP contribution in [0, 0.1) is 5.82 Å². The maximum absolute atomic E-state index is 13.6. The highest BCUT2D eigenvalue weighted by molar-refractivity contribution is 6.42. The van der Waals surface area contributed by atoms with Gasteiger partial charge in [0.05, 0.1) is 15.6 Å². The number of carbonyl (C=O) groups is 1. The molecular formula is C16H11Cl2F4NO. The molecule has 0 spiro atoms. The van der Waals surface area contributed by atoms with E-state index in [4.69, 9.17) is 23.2 Å². The molecule has 0 aliphatic heterocycles. The first-order valence-corrected chi connectivity index (χ1v) is 7.41. The molecule has 0 atom stereocenters. The third-order valence-corrected chi connectivity index (χ3v) is 4.01. The summed E-state index contributed by atoms with van der Waals surface area (Å²) in [4.78, 5) is 13.5. The quantitative estimate of drug-likeness (QED) is 0.651. The summed E-state index contributed by atoms with van der Waals surface area (Å²) >= 11 is 11.6. The predicted octanol–water partition coefficient (Wildman–Crippen LogP) is 5.42. The van der Waals surface area contributed by atoms with Gasteiger partial charge < -0.3 is 4.90 Å². The van der Waals surface area contributed by atoms with Crippen molar-refractivity contribution in [1.82, 2.24) is 4.90 Å². The van der Waals surface area contributed by atoms with Crippen LogP contribution >= 0.6 is 23.2 Å². The van der Waals surface area contributed by atoms with Gasteiger partial charge in [-0.05, 0) is 35.9 Å². The van der Waals surface area contributed by atoms with Gasteiger partial charge in [-0.3, -0.25) is 4.79 Å². The van der Waals surface area contributed by atoms with Gasteiger partial charge in [-0.15, -0.1) is 0 Å². The molecule has 8 heteroatoms. The number of halogens is 6. The fraction of sp³-hybridized carbons (Fsp3) is 0.188. The zero-order chi connectivity index (χ0) is 18.1. The van der Waals surface area contributed by atoms with Crippen LogP contribution < -0.4 is 0 Å². The number of hydrogen-bond donors (Lipinski definition) is 0. The molecule has 128 valence electrons. The molecule has 0 radical (unpaired) electrons. The van der Waals surface area contributed by atoms with Crippen LogP contribution in [0.4, 0.5) is 17.6 Å². The fourth-order valence-corrected chi connectivity index (χ4v) is 2.38. The van der Waals surface area contributed by atoms with Gasteiger partial charge in [0.2, 0.25) is 0 Å². The van der Waals surface area contributed by atoms with Gasteiger partial charge in [0.1, 0.15) is 5.82 Å². The van der Waals surface area contributed by atoms with E-state index in [1.54, 1.807) is 0 Å². The summed E-state index contributed by atoms with van der Waals surface area (Å²) in [6.07, 6.45) is -4.76. The van der Waals surface area contributed by atoms with Crippen molar-refractivity contribution >= 4 is 29.1 Å². The topological polar surface area (TPSA) is 20.3 Å². The summed E-state index contributed by atoms with van der Waals surface area (Å²) in [5, 5.41) is 0.497. The Morgan fingerprint density at radius 3 is 2.29 bits per heavy atom. The van der Waals surface area contributed by atoms with E-state index in [-0.39, 0.29) is 22.7 Å². The normalized spacial score (nSPS) is 11.5. The number of carbonyl (C=O) groups excluding carboxylic acids is 1. The van der Waals surface area contributed by atoms with Crippen molar-refractivity contribution < 1.29 is 22.4 Å². The van der Waals surface area contributed by atoms with E-state index in [0.717, 1.165) is 12.1 Å². The van der Waals surface area contributed by atoms with Crippen LogP contribution in [0.15, 0.2) is 36.4 Å². The number of amides is 1. The maximum Gasteiger partial charge on any atom is 0.419 e. The lowest BCUT2D eigenvalue weighted by Crippen LogP contribution is -2.26. The van der Waals surface area contributed by atoms with Crippen molar-refractivity contribution in [3.63, 3.8) is 0 Å². The molecule has 24 heavy (non-hydrogen) atoms. The van der Waals surface area contributed by atoms with Gasteiger partial charge in [-0.25, -0.2) is 4.39 Å². The summed E-state index contributed by atoms with van der Waals surface area (Å²) in [7, 11) is 1.44. The lowest BCUT2D eigenvalue weighted by atomic mass is 10.1. The molecule has 0 bridgehead atoms. The highest BCUT2D eigenvalue weighted by Gasteiger charge is 2.33. The molecule has 2 rings (SSSR count). The van der Waals surface area contributed by atoms with Crippen molar-refractivity contribution in [1.29, 1.82) is 0 Å².